The second kappa shape index (κ2) is 9.16. The quantitative estimate of drug-likeness (QED) is 0.464. The summed E-state index contributed by atoms with van der Waals surface area (Å²) in [6.45, 7) is 7.56. The van der Waals surface area contributed by atoms with E-state index in [-0.39, 0.29) is 6.10 Å². The van der Waals surface area contributed by atoms with E-state index in [9.17, 15) is 0 Å². The van der Waals surface area contributed by atoms with Crippen molar-refractivity contribution in [2.75, 3.05) is 61.1 Å². The van der Waals surface area contributed by atoms with Crippen LogP contribution in [0.15, 0.2) is 41.5 Å². The molecule has 0 bridgehead atoms. The van der Waals surface area contributed by atoms with Crippen molar-refractivity contribution < 1.29 is 9.47 Å². The number of nitrogens with one attached hydrogen (secondary N) is 1. The van der Waals surface area contributed by atoms with Crippen LogP contribution in [-0.4, -0.2) is 76.6 Å². The molecule has 1 aromatic carbocycles. The minimum atomic E-state index is 0.126. The molecule has 4 aromatic rings. The third-order valence-electron chi connectivity index (χ3n) is 6.08. The zero-order chi connectivity index (χ0) is 22.9. The summed E-state index contributed by atoms with van der Waals surface area (Å²) in [5.74, 6) is 2.13. The second-order valence-corrected chi connectivity index (χ2v) is 9.12. The number of thiazole rings is 1. The molecule has 3 aromatic heterocycles. The van der Waals surface area contributed by atoms with Gasteiger partial charge in [-0.1, -0.05) is 0 Å². The van der Waals surface area contributed by atoms with Crippen molar-refractivity contribution in [3.05, 3.63) is 41.5 Å². The molecule has 1 atom stereocenters. The molecule has 176 valence electrons. The first-order chi connectivity index (χ1) is 16.7. The average Bonchev–Trinajstić information content (AvgIpc) is 3.55. The Morgan fingerprint density at radius 2 is 1.82 bits per heavy atom. The number of hydrogen-bond acceptors (Lipinski definition) is 10. The highest BCUT2D eigenvalue weighted by Crippen LogP contribution is 2.29. The maximum atomic E-state index is 5.72. The van der Waals surface area contributed by atoms with Crippen molar-refractivity contribution in [2.45, 2.75) is 13.0 Å². The Morgan fingerprint density at radius 3 is 2.59 bits per heavy atom. The predicted octanol–water partition coefficient (Wildman–Crippen LogP) is 3.08. The van der Waals surface area contributed by atoms with Crippen molar-refractivity contribution in [3.8, 4) is 5.82 Å². The highest BCUT2D eigenvalue weighted by atomic mass is 32.1. The Kier molecular flexibility index (Phi) is 5.73. The van der Waals surface area contributed by atoms with E-state index in [0.29, 0.717) is 23.9 Å². The van der Waals surface area contributed by atoms with Crippen LogP contribution in [-0.2, 0) is 9.47 Å². The van der Waals surface area contributed by atoms with E-state index < -0.39 is 0 Å². The summed E-state index contributed by atoms with van der Waals surface area (Å²) >= 11 is 1.54. The lowest BCUT2D eigenvalue weighted by atomic mass is 10.2. The third-order valence-corrected chi connectivity index (χ3v) is 6.65. The number of benzene rings is 1. The van der Waals surface area contributed by atoms with E-state index in [1.807, 2.05) is 15.5 Å². The van der Waals surface area contributed by atoms with Crippen molar-refractivity contribution in [1.82, 2.24) is 24.5 Å². The molecule has 0 aliphatic carbocycles. The highest BCUT2D eigenvalue weighted by molar-refractivity contribution is 7.07. The van der Waals surface area contributed by atoms with Gasteiger partial charge in [0.1, 0.15) is 6.33 Å². The van der Waals surface area contributed by atoms with Gasteiger partial charge in [0.2, 0.25) is 5.95 Å². The molecular weight excluding hydrogens is 452 g/mol. The average molecular weight is 479 g/mol. The molecule has 0 spiro atoms. The van der Waals surface area contributed by atoms with Crippen LogP contribution in [0.3, 0.4) is 0 Å². The fourth-order valence-corrected chi connectivity index (χ4v) is 4.85. The van der Waals surface area contributed by atoms with Crippen LogP contribution in [0.2, 0.25) is 0 Å². The number of hydrogen-bond donors (Lipinski definition) is 1. The minimum Gasteiger partial charge on any atom is -0.378 e. The summed E-state index contributed by atoms with van der Waals surface area (Å²) in [7, 11) is 0. The third kappa shape index (κ3) is 4.17. The Balaban J connectivity index is 1.36. The van der Waals surface area contributed by atoms with E-state index in [2.05, 4.69) is 56.3 Å². The normalized spacial score (nSPS) is 19.0. The Labute approximate surface area is 201 Å². The van der Waals surface area contributed by atoms with Crippen molar-refractivity contribution in [3.63, 3.8) is 0 Å². The smallest absolute Gasteiger partial charge is 0.229 e. The number of nitrogens with zero attached hydrogens (tertiary/aromatic N) is 7. The van der Waals surface area contributed by atoms with Crippen molar-refractivity contribution >= 4 is 45.6 Å². The number of anilines is 4. The first-order valence-corrected chi connectivity index (χ1v) is 12.4. The molecule has 0 amide bonds. The lowest BCUT2D eigenvalue weighted by Crippen LogP contribution is -2.42. The number of fused-ring (bicyclic) bond motifs is 1. The van der Waals surface area contributed by atoms with Gasteiger partial charge in [0, 0.05) is 42.9 Å². The van der Waals surface area contributed by atoms with Gasteiger partial charge < -0.3 is 24.6 Å². The molecule has 34 heavy (non-hydrogen) atoms. The number of rotatable bonds is 5. The zero-order valence-corrected chi connectivity index (χ0v) is 19.7. The van der Waals surface area contributed by atoms with Gasteiger partial charge in [-0.15, -0.1) is 11.3 Å². The molecule has 2 fully saturated rings. The van der Waals surface area contributed by atoms with Gasteiger partial charge in [-0.2, -0.15) is 9.97 Å². The Morgan fingerprint density at radius 1 is 1.00 bits per heavy atom. The topological polar surface area (TPSA) is 93.5 Å². The van der Waals surface area contributed by atoms with Gasteiger partial charge in [-0.3, -0.25) is 4.57 Å². The fourth-order valence-electron chi connectivity index (χ4n) is 4.32. The van der Waals surface area contributed by atoms with Gasteiger partial charge in [-0.05, 0) is 31.2 Å². The molecule has 11 heteroatoms. The van der Waals surface area contributed by atoms with Crippen molar-refractivity contribution in [1.29, 1.82) is 0 Å². The molecule has 1 N–H and O–H groups in total. The second-order valence-electron chi connectivity index (χ2n) is 8.40. The van der Waals surface area contributed by atoms with Crippen LogP contribution in [0.25, 0.3) is 17.0 Å². The summed E-state index contributed by atoms with van der Waals surface area (Å²) in [4.78, 5) is 23.4. The molecule has 5 heterocycles. The summed E-state index contributed by atoms with van der Waals surface area (Å²) in [6.07, 6.45) is 1.88. The maximum absolute atomic E-state index is 5.72. The van der Waals surface area contributed by atoms with Gasteiger partial charge in [0.25, 0.3) is 0 Å². The van der Waals surface area contributed by atoms with E-state index in [0.717, 1.165) is 56.5 Å². The highest BCUT2D eigenvalue weighted by Gasteiger charge is 2.23. The Hall–Kier alpha value is -3.28. The number of imidazole rings is 1. The van der Waals surface area contributed by atoms with Crippen LogP contribution in [0, 0.1) is 0 Å². The molecular formula is C23H26N8O2S. The lowest BCUT2D eigenvalue weighted by molar-refractivity contribution is 0.0526. The lowest BCUT2D eigenvalue weighted by Gasteiger charge is -2.31. The number of ether oxygens (including phenoxy) is 2. The largest absolute Gasteiger partial charge is 0.378 e. The number of morpholine rings is 2. The summed E-state index contributed by atoms with van der Waals surface area (Å²) in [5.41, 5.74) is 5.37. The van der Waals surface area contributed by atoms with Gasteiger partial charge in [-0.25, -0.2) is 9.97 Å². The predicted molar refractivity (Wildman–Crippen MR) is 133 cm³/mol. The molecule has 0 radical (unpaired) electrons. The summed E-state index contributed by atoms with van der Waals surface area (Å²) in [5, 5.41) is 5.46. The van der Waals surface area contributed by atoms with Gasteiger partial charge in [0.15, 0.2) is 22.8 Å². The first kappa shape index (κ1) is 21.3. The molecule has 2 saturated heterocycles. The molecule has 10 nitrogen and oxygen atoms in total. The number of aromatic nitrogens is 5. The first-order valence-electron chi connectivity index (χ1n) is 11.4. The van der Waals surface area contributed by atoms with E-state index in [1.165, 1.54) is 5.69 Å². The van der Waals surface area contributed by atoms with Gasteiger partial charge >= 0.3 is 0 Å². The monoisotopic (exact) mass is 478 g/mol. The molecule has 6 rings (SSSR count). The molecule has 2 aliphatic heterocycles. The molecule has 2 aliphatic rings. The van der Waals surface area contributed by atoms with Crippen LogP contribution in [0.5, 0.6) is 0 Å². The Bertz CT molecular complexity index is 1250. The van der Waals surface area contributed by atoms with E-state index in [4.69, 9.17) is 19.4 Å². The van der Waals surface area contributed by atoms with Crippen molar-refractivity contribution in [2.24, 2.45) is 0 Å². The molecule has 1 unspecified atom stereocenters. The maximum Gasteiger partial charge on any atom is 0.229 e. The van der Waals surface area contributed by atoms with E-state index >= 15 is 0 Å². The minimum absolute atomic E-state index is 0.126. The SMILES string of the molecule is CC1CN(c2nc(Nc3ccc(N4CCOCC4)cc3)c3ncn(-c4cscn4)c3n2)CCO1. The standard InChI is InChI=1S/C23H26N8O2S/c1-16-12-30(8-11-33-16)23-27-21(20-22(28-23)31(14-24-20)19-13-34-15-25-19)26-17-2-4-18(5-3-17)29-6-9-32-10-7-29/h2-5,13-16H,6-12H2,1H3,(H,26,27,28). The van der Waals surface area contributed by atoms with Crippen LogP contribution < -0.4 is 15.1 Å². The van der Waals surface area contributed by atoms with Gasteiger partial charge in [0.05, 0.1) is 31.4 Å². The van der Waals surface area contributed by atoms with E-state index in [1.54, 1.807) is 17.7 Å². The summed E-state index contributed by atoms with van der Waals surface area (Å²) < 4.78 is 13.1. The zero-order valence-electron chi connectivity index (χ0n) is 18.9. The van der Waals surface area contributed by atoms with Crippen LogP contribution >= 0.6 is 11.3 Å². The summed E-state index contributed by atoms with van der Waals surface area (Å²) in [6, 6.07) is 8.41. The fraction of sp³-hybridized carbons (Fsp3) is 0.391. The van der Waals surface area contributed by atoms with Crippen LogP contribution in [0.4, 0.5) is 23.1 Å². The molecule has 0 saturated carbocycles. The van der Waals surface area contributed by atoms with Crippen LogP contribution in [0.1, 0.15) is 6.92 Å².